The van der Waals surface area contributed by atoms with Gasteiger partial charge >= 0.3 is 12.0 Å². The number of benzene rings is 3. The lowest BCUT2D eigenvalue weighted by Crippen LogP contribution is -2.40. The van der Waals surface area contributed by atoms with Gasteiger partial charge in [0, 0.05) is 41.4 Å². The van der Waals surface area contributed by atoms with Gasteiger partial charge in [-0.1, -0.05) is 60.7 Å². The number of rotatable bonds is 8. The standard InChI is InChI=1S/C32H28N4O5S/c1-41-30(38)15-25-24-9-5-6-10-28(24)36(31(39)27-20-42-19-26(25)27)18-29(37)33-16-22-11-13-23(14-12-22)35-32(40)34-17-21-7-3-2-4-8-21/h2-15,19-20H,16-18H2,1H3,(H,33,37)(H2,34,35,40). The van der Waals surface area contributed by atoms with Gasteiger partial charge in [-0.15, -0.1) is 0 Å². The first kappa shape index (κ1) is 28.3. The van der Waals surface area contributed by atoms with Crippen LogP contribution < -0.4 is 20.9 Å². The minimum absolute atomic E-state index is 0.210. The molecule has 0 fully saturated rings. The number of para-hydroxylation sites is 1. The Kier molecular flexibility index (Phi) is 8.74. The minimum atomic E-state index is -0.537. The zero-order chi connectivity index (χ0) is 29.5. The first-order chi connectivity index (χ1) is 20.4. The van der Waals surface area contributed by atoms with E-state index in [2.05, 4.69) is 16.0 Å². The molecular formula is C32H28N4O5S. The Bertz CT molecular complexity index is 1650. The molecule has 0 saturated heterocycles. The van der Waals surface area contributed by atoms with Crippen LogP contribution in [0.25, 0.3) is 5.57 Å². The third-order valence-corrected chi connectivity index (χ3v) is 7.42. The number of ether oxygens (including phenoxy) is 1. The number of methoxy groups -OCH3 is 1. The van der Waals surface area contributed by atoms with Crippen LogP contribution in [0.1, 0.15) is 32.6 Å². The van der Waals surface area contributed by atoms with Crippen molar-refractivity contribution in [3.8, 4) is 0 Å². The van der Waals surface area contributed by atoms with Crippen LogP contribution in [0, 0.1) is 0 Å². The van der Waals surface area contributed by atoms with Crippen LogP contribution in [-0.4, -0.2) is 37.5 Å². The first-order valence-corrected chi connectivity index (χ1v) is 14.1. The SMILES string of the molecule is COC(=O)C=C1c2cscc2C(=O)N(CC(=O)NCc2ccc(NC(=O)NCc3ccccc3)cc2)c2ccccc21. The molecule has 1 aromatic heterocycles. The molecule has 5 rings (SSSR count). The number of hydrogen-bond donors (Lipinski definition) is 3. The fraction of sp³-hybridized carbons (Fsp3) is 0.125. The van der Waals surface area contributed by atoms with Crippen molar-refractivity contribution in [2.24, 2.45) is 0 Å². The van der Waals surface area contributed by atoms with Crippen molar-refractivity contribution in [2.45, 2.75) is 13.1 Å². The van der Waals surface area contributed by atoms with E-state index in [4.69, 9.17) is 4.74 Å². The molecule has 3 aromatic carbocycles. The van der Waals surface area contributed by atoms with E-state index < -0.39 is 5.97 Å². The quantitative estimate of drug-likeness (QED) is 0.201. The van der Waals surface area contributed by atoms with Crippen LogP contribution in [-0.2, 0) is 27.4 Å². The normalized spacial score (nSPS) is 13.0. The molecule has 42 heavy (non-hydrogen) atoms. The van der Waals surface area contributed by atoms with Crippen LogP contribution in [0.15, 0.2) is 95.7 Å². The topological polar surface area (TPSA) is 117 Å². The molecule has 4 amide bonds. The van der Waals surface area contributed by atoms with Gasteiger partial charge in [0.05, 0.1) is 18.4 Å². The predicted molar refractivity (Wildman–Crippen MR) is 162 cm³/mol. The van der Waals surface area contributed by atoms with Crippen LogP contribution >= 0.6 is 11.3 Å². The minimum Gasteiger partial charge on any atom is -0.466 e. The number of carbonyl (C=O) groups is 4. The second-order valence-corrected chi connectivity index (χ2v) is 10.2. The Labute approximate surface area is 246 Å². The summed E-state index contributed by atoms with van der Waals surface area (Å²) in [6.45, 7) is 0.440. The number of nitrogens with one attached hydrogen (secondary N) is 3. The molecule has 9 nitrogen and oxygen atoms in total. The highest BCUT2D eigenvalue weighted by Crippen LogP contribution is 2.39. The van der Waals surface area contributed by atoms with E-state index in [1.807, 2.05) is 47.8 Å². The third kappa shape index (κ3) is 6.56. The summed E-state index contributed by atoms with van der Waals surface area (Å²) < 4.78 is 4.85. The molecular weight excluding hydrogens is 552 g/mol. The molecule has 4 aromatic rings. The Balaban J connectivity index is 1.22. The van der Waals surface area contributed by atoms with Gasteiger partial charge in [0.15, 0.2) is 0 Å². The van der Waals surface area contributed by atoms with Crippen molar-refractivity contribution in [2.75, 3.05) is 23.9 Å². The summed E-state index contributed by atoms with van der Waals surface area (Å²) >= 11 is 1.34. The molecule has 0 radical (unpaired) electrons. The number of amides is 4. The lowest BCUT2D eigenvalue weighted by atomic mass is 9.97. The Morgan fingerprint density at radius 2 is 1.48 bits per heavy atom. The second kappa shape index (κ2) is 13.0. The van der Waals surface area contributed by atoms with Crippen LogP contribution in [0.4, 0.5) is 16.2 Å². The zero-order valence-electron chi connectivity index (χ0n) is 22.8. The van der Waals surface area contributed by atoms with Crippen molar-refractivity contribution < 1.29 is 23.9 Å². The fourth-order valence-electron chi connectivity index (χ4n) is 4.56. The average Bonchev–Trinajstić information content (AvgIpc) is 3.48. The van der Waals surface area contributed by atoms with Crippen molar-refractivity contribution in [1.29, 1.82) is 0 Å². The number of nitrogens with zero attached hydrogens (tertiary/aromatic N) is 1. The van der Waals surface area contributed by atoms with Gasteiger partial charge in [-0.05, 0) is 40.3 Å². The maximum Gasteiger partial charge on any atom is 0.331 e. The predicted octanol–water partition coefficient (Wildman–Crippen LogP) is 4.95. The molecule has 0 saturated carbocycles. The molecule has 0 aliphatic carbocycles. The summed E-state index contributed by atoms with van der Waals surface area (Å²) in [4.78, 5) is 52.5. The summed E-state index contributed by atoms with van der Waals surface area (Å²) in [5, 5.41) is 12.0. The number of carbonyl (C=O) groups excluding carboxylic acids is 4. The molecule has 3 N–H and O–H groups in total. The second-order valence-electron chi connectivity index (χ2n) is 9.46. The van der Waals surface area contributed by atoms with E-state index in [9.17, 15) is 19.2 Å². The Morgan fingerprint density at radius 3 is 2.24 bits per heavy atom. The van der Waals surface area contributed by atoms with Gasteiger partial charge in [-0.2, -0.15) is 11.3 Å². The Hall–Kier alpha value is -5.22. The van der Waals surface area contributed by atoms with Crippen molar-refractivity contribution in [1.82, 2.24) is 10.6 Å². The highest BCUT2D eigenvalue weighted by Gasteiger charge is 2.31. The highest BCUT2D eigenvalue weighted by molar-refractivity contribution is 7.08. The fourth-order valence-corrected chi connectivity index (χ4v) is 5.38. The van der Waals surface area contributed by atoms with Gasteiger partial charge in [0.2, 0.25) is 5.91 Å². The largest absolute Gasteiger partial charge is 0.466 e. The molecule has 0 bridgehead atoms. The summed E-state index contributed by atoms with van der Waals surface area (Å²) in [5.41, 5.74) is 5.20. The highest BCUT2D eigenvalue weighted by atomic mass is 32.1. The van der Waals surface area contributed by atoms with E-state index in [-0.39, 0.29) is 30.9 Å². The van der Waals surface area contributed by atoms with Crippen molar-refractivity contribution >= 4 is 52.1 Å². The van der Waals surface area contributed by atoms with E-state index in [0.29, 0.717) is 40.2 Å². The van der Waals surface area contributed by atoms with E-state index in [1.165, 1.54) is 29.4 Å². The average molecular weight is 581 g/mol. The van der Waals surface area contributed by atoms with Crippen LogP contribution in [0.2, 0.25) is 0 Å². The van der Waals surface area contributed by atoms with Crippen molar-refractivity contribution in [3.63, 3.8) is 0 Å². The maximum atomic E-state index is 13.6. The van der Waals surface area contributed by atoms with E-state index in [0.717, 1.165) is 11.1 Å². The number of anilines is 2. The third-order valence-electron chi connectivity index (χ3n) is 6.68. The molecule has 0 unspecified atom stereocenters. The van der Waals surface area contributed by atoms with Gasteiger partial charge in [-0.25, -0.2) is 9.59 Å². The Morgan fingerprint density at radius 1 is 0.810 bits per heavy atom. The van der Waals surface area contributed by atoms with Gasteiger partial charge < -0.3 is 20.7 Å². The number of urea groups is 1. The number of thiophene rings is 1. The number of esters is 1. The van der Waals surface area contributed by atoms with Gasteiger partial charge in [0.25, 0.3) is 5.91 Å². The molecule has 2 heterocycles. The molecule has 0 atom stereocenters. The lowest BCUT2D eigenvalue weighted by molar-refractivity contribution is -0.134. The van der Waals surface area contributed by atoms with Gasteiger partial charge in [0.1, 0.15) is 6.54 Å². The number of fused-ring (bicyclic) bond motifs is 2. The summed E-state index contributed by atoms with van der Waals surface area (Å²) in [5.74, 6) is -1.22. The summed E-state index contributed by atoms with van der Waals surface area (Å²) in [6.07, 6.45) is 1.37. The molecule has 1 aliphatic heterocycles. The molecule has 0 spiro atoms. The molecule has 212 valence electrons. The number of hydrogen-bond acceptors (Lipinski definition) is 6. The monoisotopic (exact) mass is 580 g/mol. The molecule has 10 heteroatoms. The lowest BCUT2D eigenvalue weighted by Gasteiger charge is -2.22. The summed E-state index contributed by atoms with van der Waals surface area (Å²) in [7, 11) is 1.30. The summed E-state index contributed by atoms with van der Waals surface area (Å²) in [6, 6.07) is 23.6. The van der Waals surface area contributed by atoms with Crippen molar-refractivity contribution in [3.05, 3.63) is 124 Å². The van der Waals surface area contributed by atoms with E-state index >= 15 is 0 Å². The van der Waals surface area contributed by atoms with E-state index in [1.54, 1.807) is 41.8 Å². The smallest absolute Gasteiger partial charge is 0.331 e. The maximum absolute atomic E-state index is 13.6. The van der Waals surface area contributed by atoms with Crippen LogP contribution in [0.3, 0.4) is 0 Å². The zero-order valence-corrected chi connectivity index (χ0v) is 23.6. The van der Waals surface area contributed by atoms with Crippen LogP contribution in [0.5, 0.6) is 0 Å². The van der Waals surface area contributed by atoms with Gasteiger partial charge in [-0.3, -0.25) is 14.5 Å². The first-order valence-electron chi connectivity index (χ1n) is 13.1. The molecule has 1 aliphatic rings.